The Bertz CT molecular complexity index is 1330. The molecule has 1 aromatic heterocycles. The number of imidazole rings is 1. The van der Waals surface area contributed by atoms with E-state index in [9.17, 15) is 18.7 Å². The number of fused-ring (bicyclic) bond motifs is 1. The highest BCUT2D eigenvalue weighted by molar-refractivity contribution is 6.12. The number of H-pyrrole nitrogens is 1. The second-order valence-corrected chi connectivity index (χ2v) is 7.67. The normalized spacial score (nSPS) is 13.9. The predicted octanol–water partition coefficient (Wildman–Crippen LogP) is 4.30. The molecule has 0 aliphatic carbocycles. The Hall–Kier alpha value is -3.98. The maximum Gasteiger partial charge on any atom is 0.257 e. The zero-order valence-corrected chi connectivity index (χ0v) is 17.4. The number of aromatic nitrogens is 2. The minimum Gasteiger partial charge on any atom is -0.506 e. The van der Waals surface area contributed by atoms with Crippen LogP contribution in [0.1, 0.15) is 10.4 Å². The van der Waals surface area contributed by atoms with Gasteiger partial charge in [0.1, 0.15) is 34.2 Å². The molecule has 4 aromatic rings. The molecule has 5 rings (SSSR count). The van der Waals surface area contributed by atoms with Crippen molar-refractivity contribution in [1.29, 1.82) is 0 Å². The zero-order chi connectivity index (χ0) is 22.9. The van der Waals surface area contributed by atoms with Crippen molar-refractivity contribution in [3.63, 3.8) is 0 Å². The number of phenols is 1. The number of nitrogens with one attached hydrogen (secondary N) is 2. The number of carbonyl (C=O) groups is 1. The van der Waals surface area contributed by atoms with Gasteiger partial charge in [-0.3, -0.25) is 4.79 Å². The molecule has 0 spiro atoms. The smallest absolute Gasteiger partial charge is 0.257 e. The molecule has 168 valence electrons. The Kier molecular flexibility index (Phi) is 5.39. The van der Waals surface area contributed by atoms with E-state index in [4.69, 9.17) is 4.74 Å². The van der Waals surface area contributed by atoms with Crippen LogP contribution in [0, 0.1) is 11.6 Å². The lowest BCUT2D eigenvalue weighted by Crippen LogP contribution is -2.36. The molecule has 9 heteroatoms. The lowest BCUT2D eigenvalue weighted by atomic mass is 10.1. The van der Waals surface area contributed by atoms with Crippen LogP contribution in [0.25, 0.3) is 22.4 Å². The number of carbonyl (C=O) groups excluding carboxylic acids is 1. The molecule has 33 heavy (non-hydrogen) atoms. The minimum atomic E-state index is -0.806. The molecule has 2 heterocycles. The number of aromatic hydroxyl groups is 1. The molecular weight excluding hydrogens is 430 g/mol. The van der Waals surface area contributed by atoms with Gasteiger partial charge in [-0.1, -0.05) is 0 Å². The lowest BCUT2D eigenvalue weighted by molar-refractivity contribution is 0.102. The van der Waals surface area contributed by atoms with E-state index in [0.717, 1.165) is 30.9 Å². The molecule has 7 nitrogen and oxygen atoms in total. The SMILES string of the molecule is O=C(Nc1ccc(N2CCOCC2)cc1)c1ccc(O)c2[nH]c(-c3ccc(F)cc3F)nc12. The number of halogens is 2. The molecular formula is C24H20F2N4O3. The summed E-state index contributed by atoms with van der Waals surface area (Å²) in [5, 5.41) is 13.1. The van der Waals surface area contributed by atoms with E-state index in [1.807, 2.05) is 24.3 Å². The number of nitrogens with zero attached hydrogens (tertiary/aromatic N) is 2. The Morgan fingerprint density at radius 2 is 1.82 bits per heavy atom. The summed E-state index contributed by atoms with van der Waals surface area (Å²) in [6.45, 7) is 2.99. The summed E-state index contributed by atoms with van der Waals surface area (Å²) in [5.41, 5.74) is 2.22. The fourth-order valence-corrected chi connectivity index (χ4v) is 3.85. The van der Waals surface area contributed by atoms with Gasteiger partial charge in [0.05, 0.1) is 24.3 Å². The van der Waals surface area contributed by atoms with Crippen molar-refractivity contribution in [3.05, 3.63) is 71.8 Å². The van der Waals surface area contributed by atoms with Crippen LogP contribution in [0.15, 0.2) is 54.6 Å². The zero-order valence-electron chi connectivity index (χ0n) is 17.4. The van der Waals surface area contributed by atoms with Crippen LogP contribution in [0.5, 0.6) is 5.75 Å². The third kappa shape index (κ3) is 4.10. The number of morpholine rings is 1. The third-order valence-corrected chi connectivity index (χ3v) is 5.56. The number of hydrogen-bond acceptors (Lipinski definition) is 5. The van der Waals surface area contributed by atoms with Gasteiger partial charge in [0, 0.05) is 30.5 Å². The summed E-state index contributed by atoms with van der Waals surface area (Å²) >= 11 is 0. The molecule has 0 atom stereocenters. The highest BCUT2D eigenvalue weighted by Crippen LogP contribution is 2.31. The molecule has 3 aromatic carbocycles. The number of rotatable bonds is 4. The van der Waals surface area contributed by atoms with Gasteiger partial charge < -0.3 is 25.0 Å². The first kappa shape index (κ1) is 20.9. The summed E-state index contributed by atoms with van der Waals surface area (Å²) in [7, 11) is 0. The minimum absolute atomic E-state index is 0.0251. The average molecular weight is 450 g/mol. The van der Waals surface area contributed by atoms with Gasteiger partial charge in [0.25, 0.3) is 5.91 Å². The van der Waals surface area contributed by atoms with E-state index in [-0.39, 0.29) is 33.7 Å². The van der Waals surface area contributed by atoms with Crippen molar-refractivity contribution in [2.75, 3.05) is 36.5 Å². The van der Waals surface area contributed by atoms with E-state index in [2.05, 4.69) is 20.2 Å². The molecule has 0 unspecified atom stereocenters. The molecule has 0 bridgehead atoms. The molecule has 1 aliphatic rings. The molecule has 3 N–H and O–H groups in total. The first-order chi connectivity index (χ1) is 16.0. The number of anilines is 2. The van der Waals surface area contributed by atoms with E-state index in [1.165, 1.54) is 18.2 Å². The highest BCUT2D eigenvalue weighted by atomic mass is 19.1. The summed E-state index contributed by atoms with van der Waals surface area (Å²) in [6, 6.07) is 13.4. The van der Waals surface area contributed by atoms with Crippen molar-refractivity contribution in [1.82, 2.24) is 9.97 Å². The number of hydrogen-bond donors (Lipinski definition) is 3. The molecule has 1 aliphatic heterocycles. The molecule has 1 amide bonds. The standard InChI is InChI=1S/C24H20F2N4O3/c25-14-1-6-17(19(26)13-14)23-28-21-18(7-8-20(31)22(21)29-23)24(32)27-15-2-4-16(5-3-15)30-9-11-33-12-10-30/h1-8,13,31H,9-12H2,(H,27,32)(H,28,29). The maximum absolute atomic E-state index is 14.2. The van der Waals surface area contributed by atoms with Gasteiger partial charge in [0.15, 0.2) is 0 Å². The van der Waals surface area contributed by atoms with Crippen molar-refractivity contribution in [3.8, 4) is 17.1 Å². The summed E-state index contributed by atoms with van der Waals surface area (Å²) in [6.07, 6.45) is 0. The van der Waals surface area contributed by atoms with Gasteiger partial charge in [-0.25, -0.2) is 13.8 Å². The van der Waals surface area contributed by atoms with E-state index < -0.39 is 17.5 Å². The van der Waals surface area contributed by atoms with E-state index in [1.54, 1.807) is 0 Å². The number of aromatic amines is 1. The quantitative estimate of drug-likeness (QED) is 0.431. The summed E-state index contributed by atoms with van der Waals surface area (Å²) in [4.78, 5) is 22.3. The average Bonchev–Trinajstić information content (AvgIpc) is 3.26. The first-order valence-corrected chi connectivity index (χ1v) is 10.4. The van der Waals surface area contributed by atoms with Gasteiger partial charge in [-0.15, -0.1) is 0 Å². The number of ether oxygens (including phenoxy) is 1. The van der Waals surface area contributed by atoms with Crippen molar-refractivity contribution in [2.24, 2.45) is 0 Å². The van der Waals surface area contributed by atoms with Gasteiger partial charge in [0.2, 0.25) is 0 Å². The first-order valence-electron chi connectivity index (χ1n) is 10.4. The Morgan fingerprint density at radius 1 is 1.06 bits per heavy atom. The second kappa shape index (κ2) is 8.51. The number of phenolic OH excluding ortho intramolecular Hbond substituents is 1. The molecule has 0 radical (unpaired) electrons. The Balaban J connectivity index is 1.42. The monoisotopic (exact) mass is 450 g/mol. The van der Waals surface area contributed by atoms with E-state index >= 15 is 0 Å². The largest absolute Gasteiger partial charge is 0.506 e. The summed E-state index contributed by atoms with van der Waals surface area (Å²) < 4.78 is 32.9. The van der Waals surface area contributed by atoms with Crippen LogP contribution in [-0.4, -0.2) is 47.3 Å². The van der Waals surface area contributed by atoms with Crippen molar-refractivity contribution < 1.29 is 23.4 Å². The second-order valence-electron chi connectivity index (χ2n) is 7.67. The fraction of sp³-hybridized carbons (Fsp3) is 0.167. The molecule has 0 saturated carbocycles. The molecule has 1 saturated heterocycles. The predicted molar refractivity (Wildman–Crippen MR) is 121 cm³/mol. The topological polar surface area (TPSA) is 90.5 Å². The third-order valence-electron chi connectivity index (χ3n) is 5.56. The van der Waals surface area contributed by atoms with Crippen molar-refractivity contribution >= 4 is 28.3 Å². The van der Waals surface area contributed by atoms with Crippen molar-refractivity contribution in [2.45, 2.75) is 0 Å². The van der Waals surface area contributed by atoms with Gasteiger partial charge in [-0.2, -0.15) is 0 Å². The molecule has 1 fully saturated rings. The fourth-order valence-electron chi connectivity index (χ4n) is 3.85. The highest BCUT2D eigenvalue weighted by Gasteiger charge is 2.19. The van der Waals surface area contributed by atoms with Crippen LogP contribution in [0.2, 0.25) is 0 Å². The summed E-state index contributed by atoms with van der Waals surface area (Å²) in [5.74, 6) is -2.02. The van der Waals surface area contributed by atoms with Crippen LogP contribution in [0.3, 0.4) is 0 Å². The Labute approximate surface area is 187 Å². The van der Waals surface area contributed by atoms with Gasteiger partial charge >= 0.3 is 0 Å². The van der Waals surface area contributed by atoms with Crippen LogP contribution in [0.4, 0.5) is 20.2 Å². The van der Waals surface area contributed by atoms with E-state index in [0.29, 0.717) is 18.9 Å². The number of benzene rings is 3. The van der Waals surface area contributed by atoms with Gasteiger partial charge in [-0.05, 0) is 48.5 Å². The van der Waals surface area contributed by atoms with Crippen LogP contribution >= 0.6 is 0 Å². The van der Waals surface area contributed by atoms with Crippen LogP contribution in [-0.2, 0) is 4.74 Å². The van der Waals surface area contributed by atoms with Crippen LogP contribution < -0.4 is 10.2 Å². The lowest BCUT2D eigenvalue weighted by Gasteiger charge is -2.28. The number of amides is 1. The Morgan fingerprint density at radius 3 is 2.55 bits per heavy atom. The maximum atomic E-state index is 14.2.